The van der Waals surface area contributed by atoms with E-state index in [1.807, 2.05) is 54.3 Å². The number of hydrogen-bond acceptors (Lipinski definition) is 5. The van der Waals surface area contributed by atoms with Crippen LogP contribution in [0, 0.1) is 0 Å². The molecule has 1 amide bonds. The summed E-state index contributed by atoms with van der Waals surface area (Å²) in [5.41, 5.74) is 2.77. The summed E-state index contributed by atoms with van der Waals surface area (Å²) in [6.45, 7) is 5.17. The van der Waals surface area contributed by atoms with E-state index >= 15 is 0 Å². The summed E-state index contributed by atoms with van der Waals surface area (Å²) in [5, 5.41) is 0.786. The Morgan fingerprint density at radius 1 is 1.22 bits per heavy atom. The predicted octanol–water partition coefficient (Wildman–Crippen LogP) is 4.03. The van der Waals surface area contributed by atoms with Gasteiger partial charge in [0.2, 0.25) is 5.91 Å². The van der Waals surface area contributed by atoms with Crippen molar-refractivity contribution >= 4 is 34.3 Å². The van der Waals surface area contributed by atoms with Gasteiger partial charge in [-0.3, -0.25) is 14.2 Å². The first kappa shape index (κ1) is 21.2. The monoisotopic (exact) mass is 449 g/mol. The first-order valence-corrected chi connectivity index (χ1v) is 12.1. The van der Waals surface area contributed by atoms with Gasteiger partial charge in [-0.25, -0.2) is 4.98 Å². The fraction of sp³-hybridized carbons (Fsp3) is 0.400. The second-order valence-electron chi connectivity index (χ2n) is 8.61. The van der Waals surface area contributed by atoms with Gasteiger partial charge < -0.3 is 9.64 Å². The second kappa shape index (κ2) is 8.71. The summed E-state index contributed by atoms with van der Waals surface area (Å²) in [4.78, 5) is 33.5. The highest BCUT2D eigenvalue weighted by molar-refractivity contribution is 8.00. The fourth-order valence-corrected chi connectivity index (χ4v) is 5.66. The summed E-state index contributed by atoms with van der Waals surface area (Å²) in [5.74, 6) is 0.0403. The Morgan fingerprint density at radius 3 is 2.81 bits per heavy atom. The summed E-state index contributed by atoms with van der Waals surface area (Å²) < 4.78 is 7.50. The topological polar surface area (TPSA) is 64.4 Å². The van der Waals surface area contributed by atoms with Crippen LogP contribution in [0.5, 0.6) is 0 Å². The Hall–Kier alpha value is -2.64. The third-order valence-electron chi connectivity index (χ3n) is 6.31. The van der Waals surface area contributed by atoms with Gasteiger partial charge in [-0.05, 0) is 56.9 Å². The van der Waals surface area contributed by atoms with Crippen LogP contribution in [-0.4, -0.2) is 39.5 Å². The van der Waals surface area contributed by atoms with Gasteiger partial charge in [-0.15, -0.1) is 0 Å². The molecule has 0 radical (unpaired) electrons. The number of aromatic nitrogens is 2. The number of nitrogens with zero attached hydrogens (tertiary/aromatic N) is 3. The zero-order valence-electron chi connectivity index (χ0n) is 18.4. The van der Waals surface area contributed by atoms with Crippen molar-refractivity contribution in [2.24, 2.45) is 0 Å². The third-order valence-corrected chi connectivity index (χ3v) is 7.39. The van der Waals surface area contributed by atoms with Crippen LogP contribution in [0.1, 0.15) is 32.3 Å². The molecule has 3 atom stereocenters. The van der Waals surface area contributed by atoms with Gasteiger partial charge in [0, 0.05) is 18.3 Å². The minimum absolute atomic E-state index is 0.00602. The molecule has 6 nitrogen and oxygen atoms in total. The zero-order chi connectivity index (χ0) is 22.2. The number of thioether (sulfide) groups is 1. The summed E-state index contributed by atoms with van der Waals surface area (Å²) in [7, 11) is 0. The molecule has 5 rings (SSSR count). The molecular formula is C25H27N3O3S. The molecule has 3 aromatic rings. The molecule has 1 saturated heterocycles. The Labute approximate surface area is 191 Å². The van der Waals surface area contributed by atoms with Gasteiger partial charge in [0.25, 0.3) is 5.56 Å². The molecule has 166 valence electrons. The summed E-state index contributed by atoms with van der Waals surface area (Å²) in [6.07, 6.45) is 2.80. The van der Waals surface area contributed by atoms with Crippen molar-refractivity contribution in [3.05, 3.63) is 64.4 Å². The molecule has 7 heteroatoms. The van der Waals surface area contributed by atoms with Crippen molar-refractivity contribution in [1.82, 2.24) is 9.55 Å². The molecule has 0 spiro atoms. The van der Waals surface area contributed by atoms with E-state index in [4.69, 9.17) is 9.72 Å². The van der Waals surface area contributed by atoms with E-state index in [0.29, 0.717) is 22.6 Å². The van der Waals surface area contributed by atoms with Gasteiger partial charge in [0.15, 0.2) is 5.16 Å². The molecule has 0 N–H and O–H groups in total. The average molecular weight is 450 g/mol. The SMILES string of the molecule is C[C@@H](Sc1nc2ccccc2c(=O)n1C[C@@H]1CCCO1)C(=O)N1c2ccccc2C[C@@H]1C. The van der Waals surface area contributed by atoms with Crippen molar-refractivity contribution in [1.29, 1.82) is 0 Å². The number of fused-ring (bicyclic) bond motifs is 2. The predicted molar refractivity (Wildman–Crippen MR) is 127 cm³/mol. The van der Waals surface area contributed by atoms with Crippen LogP contribution >= 0.6 is 11.8 Å². The van der Waals surface area contributed by atoms with Crippen LogP contribution in [0.4, 0.5) is 5.69 Å². The van der Waals surface area contributed by atoms with Crippen LogP contribution in [0.15, 0.2) is 58.5 Å². The maximum atomic E-state index is 13.5. The number of para-hydroxylation sites is 2. The molecule has 1 fully saturated rings. The molecule has 1 aromatic heterocycles. The minimum atomic E-state index is -0.382. The molecular weight excluding hydrogens is 422 g/mol. The molecule has 0 aliphatic carbocycles. The van der Waals surface area contributed by atoms with Crippen molar-refractivity contribution in [2.75, 3.05) is 11.5 Å². The highest BCUT2D eigenvalue weighted by Crippen LogP contribution is 2.34. The van der Waals surface area contributed by atoms with Gasteiger partial charge in [-0.1, -0.05) is 42.1 Å². The number of hydrogen-bond donors (Lipinski definition) is 0. The number of carbonyl (C=O) groups excluding carboxylic acids is 1. The number of rotatable bonds is 5. The number of ether oxygens (including phenoxy) is 1. The summed E-state index contributed by atoms with van der Waals surface area (Å²) >= 11 is 1.36. The van der Waals surface area contributed by atoms with E-state index in [9.17, 15) is 9.59 Å². The number of anilines is 1. The van der Waals surface area contributed by atoms with Crippen LogP contribution < -0.4 is 10.5 Å². The quantitative estimate of drug-likeness (QED) is 0.435. The van der Waals surface area contributed by atoms with Crippen LogP contribution in [0.3, 0.4) is 0 Å². The Kier molecular flexibility index (Phi) is 5.78. The molecule has 2 aliphatic rings. The smallest absolute Gasteiger partial charge is 0.262 e. The van der Waals surface area contributed by atoms with Crippen molar-refractivity contribution < 1.29 is 9.53 Å². The Morgan fingerprint density at radius 2 is 2.00 bits per heavy atom. The Balaban J connectivity index is 1.47. The lowest BCUT2D eigenvalue weighted by atomic mass is 10.1. The van der Waals surface area contributed by atoms with E-state index in [1.54, 1.807) is 4.57 Å². The van der Waals surface area contributed by atoms with Crippen LogP contribution in [0.2, 0.25) is 0 Å². The van der Waals surface area contributed by atoms with E-state index in [2.05, 4.69) is 13.0 Å². The van der Waals surface area contributed by atoms with Crippen molar-refractivity contribution in [2.45, 2.75) is 62.2 Å². The van der Waals surface area contributed by atoms with Crippen LogP contribution in [0.25, 0.3) is 10.9 Å². The second-order valence-corrected chi connectivity index (χ2v) is 9.92. The van der Waals surface area contributed by atoms with Crippen molar-refractivity contribution in [3.63, 3.8) is 0 Å². The maximum absolute atomic E-state index is 13.5. The van der Waals surface area contributed by atoms with E-state index < -0.39 is 0 Å². The molecule has 3 heterocycles. The van der Waals surface area contributed by atoms with Gasteiger partial charge in [0.1, 0.15) is 0 Å². The fourth-order valence-electron chi connectivity index (χ4n) is 4.70. The molecule has 0 saturated carbocycles. The van der Waals surface area contributed by atoms with E-state index in [-0.39, 0.29) is 28.9 Å². The zero-order valence-corrected chi connectivity index (χ0v) is 19.2. The standard InChI is InChI=1S/C25H27N3O3S/c1-16-14-18-8-3-6-12-22(18)28(16)23(29)17(2)32-25-26-21-11-5-4-10-20(21)24(30)27(25)15-19-9-7-13-31-19/h3-6,8,10-12,16-17,19H,7,9,13-15H2,1-2H3/t16-,17+,19-/m0/s1. The van der Waals surface area contributed by atoms with Crippen molar-refractivity contribution in [3.8, 4) is 0 Å². The molecule has 2 aromatic carbocycles. The van der Waals surface area contributed by atoms with Gasteiger partial charge in [-0.2, -0.15) is 0 Å². The number of carbonyl (C=O) groups is 1. The first-order chi connectivity index (χ1) is 15.5. The Bertz CT molecular complexity index is 1220. The highest BCUT2D eigenvalue weighted by atomic mass is 32.2. The summed E-state index contributed by atoms with van der Waals surface area (Å²) in [6, 6.07) is 15.6. The van der Waals surface area contributed by atoms with E-state index in [0.717, 1.165) is 31.6 Å². The number of amides is 1. The molecule has 32 heavy (non-hydrogen) atoms. The maximum Gasteiger partial charge on any atom is 0.262 e. The lowest BCUT2D eigenvalue weighted by Crippen LogP contribution is -2.40. The largest absolute Gasteiger partial charge is 0.376 e. The minimum Gasteiger partial charge on any atom is -0.376 e. The number of benzene rings is 2. The lowest BCUT2D eigenvalue weighted by Gasteiger charge is -2.26. The third kappa shape index (κ3) is 3.84. The van der Waals surface area contributed by atoms with Gasteiger partial charge in [0.05, 0.1) is 28.8 Å². The average Bonchev–Trinajstić information content (AvgIpc) is 3.42. The van der Waals surface area contributed by atoms with Crippen LogP contribution in [-0.2, 0) is 22.5 Å². The van der Waals surface area contributed by atoms with Gasteiger partial charge >= 0.3 is 0 Å². The van der Waals surface area contributed by atoms with E-state index in [1.165, 1.54) is 17.3 Å². The highest BCUT2D eigenvalue weighted by Gasteiger charge is 2.34. The molecule has 2 aliphatic heterocycles. The molecule has 0 bridgehead atoms. The molecule has 0 unspecified atom stereocenters. The first-order valence-electron chi connectivity index (χ1n) is 11.2. The normalized spacial score (nSPS) is 21.1. The lowest BCUT2D eigenvalue weighted by molar-refractivity contribution is -0.118.